The molecule has 1 aromatic rings. The van der Waals surface area contributed by atoms with Gasteiger partial charge in [0, 0.05) is 10.6 Å². The summed E-state index contributed by atoms with van der Waals surface area (Å²) in [4.78, 5) is 11.2. The number of alkyl halides is 3. The minimum atomic E-state index is -4.32. The van der Waals surface area contributed by atoms with Gasteiger partial charge in [-0.15, -0.1) is 6.42 Å². The summed E-state index contributed by atoms with van der Waals surface area (Å²) in [5.74, 6) is 2.22. The number of hydrogen-bond acceptors (Lipinski definition) is 2. The quantitative estimate of drug-likeness (QED) is 0.657. The Hall–Kier alpha value is -1.81. The van der Waals surface area contributed by atoms with E-state index in [2.05, 4.69) is 16.6 Å². The van der Waals surface area contributed by atoms with Gasteiger partial charge in [0.1, 0.15) is 0 Å². The van der Waals surface area contributed by atoms with Gasteiger partial charge in [-0.1, -0.05) is 5.92 Å². The van der Waals surface area contributed by atoms with E-state index in [1.165, 1.54) is 24.3 Å². The van der Waals surface area contributed by atoms with Gasteiger partial charge >= 0.3 is 11.5 Å². The van der Waals surface area contributed by atoms with Crippen molar-refractivity contribution in [2.45, 2.75) is 10.4 Å². The second-order valence-electron chi connectivity index (χ2n) is 3.08. The summed E-state index contributed by atoms with van der Waals surface area (Å²) in [5.41, 5.74) is -3.94. The van der Waals surface area contributed by atoms with Gasteiger partial charge in [-0.25, -0.2) is 4.79 Å². The third-order valence-electron chi connectivity index (χ3n) is 1.70. The molecule has 1 aromatic carbocycles. The van der Waals surface area contributed by atoms with Crippen molar-refractivity contribution in [3.05, 3.63) is 24.3 Å². The van der Waals surface area contributed by atoms with Crippen molar-refractivity contribution < 1.29 is 18.0 Å². The number of carbonyl (C=O) groups excluding carboxylic acids is 1. The lowest BCUT2D eigenvalue weighted by molar-refractivity contribution is -0.0328. The smallest absolute Gasteiger partial charge is 0.327 e. The lowest BCUT2D eigenvalue weighted by Gasteiger charge is -2.08. The monoisotopic (exact) mass is 274 g/mol. The molecule has 0 radical (unpaired) electrons. The molecular formula is C11H9F3N2OS. The number of halogens is 3. The number of nitrogens with one attached hydrogen (secondary N) is 2. The molecule has 0 heterocycles. The topological polar surface area (TPSA) is 41.1 Å². The fraction of sp³-hybridized carbons (Fsp3) is 0.182. The molecule has 0 aliphatic heterocycles. The van der Waals surface area contributed by atoms with Crippen LogP contribution in [0.25, 0.3) is 0 Å². The average molecular weight is 274 g/mol. The normalized spacial score (nSPS) is 10.6. The molecule has 3 nitrogen and oxygen atoms in total. The van der Waals surface area contributed by atoms with Crippen LogP contribution < -0.4 is 10.6 Å². The second-order valence-corrected chi connectivity index (χ2v) is 4.22. The number of rotatable bonds is 3. The first-order valence-electron chi connectivity index (χ1n) is 4.75. The number of thioether (sulfide) groups is 1. The molecule has 18 heavy (non-hydrogen) atoms. The van der Waals surface area contributed by atoms with Crippen LogP contribution in [-0.2, 0) is 0 Å². The zero-order chi connectivity index (χ0) is 13.6. The van der Waals surface area contributed by atoms with Crippen LogP contribution >= 0.6 is 11.8 Å². The molecule has 0 saturated heterocycles. The highest BCUT2D eigenvalue weighted by Crippen LogP contribution is 2.36. The maximum Gasteiger partial charge on any atom is 0.446 e. The Morgan fingerprint density at radius 3 is 2.44 bits per heavy atom. The van der Waals surface area contributed by atoms with E-state index in [-0.39, 0.29) is 23.2 Å². The Kier molecular flexibility index (Phi) is 4.92. The molecule has 0 aliphatic rings. The number of urea groups is 1. The van der Waals surface area contributed by atoms with Crippen LogP contribution in [0.15, 0.2) is 29.2 Å². The summed E-state index contributed by atoms with van der Waals surface area (Å²) in [6.45, 7) is 0.0772. The molecule has 0 aromatic heterocycles. The van der Waals surface area contributed by atoms with E-state index in [1.54, 1.807) is 0 Å². The van der Waals surface area contributed by atoms with Crippen LogP contribution in [0, 0.1) is 12.3 Å². The van der Waals surface area contributed by atoms with Crippen LogP contribution in [0.3, 0.4) is 0 Å². The standard InChI is InChI=1S/C11H9F3N2OS/c1-2-7-15-10(17)16-8-3-5-9(6-4-8)18-11(12,13)14/h1,3-6H,7H2,(H2,15,16,17). The van der Waals surface area contributed by atoms with Crippen molar-refractivity contribution in [3.8, 4) is 12.3 Å². The molecule has 0 fully saturated rings. The molecule has 0 unspecified atom stereocenters. The van der Waals surface area contributed by atoms with Gasteiger partial charge in [0.15, 0.2) is 0 Å². The lowest BCUT2D eigenvalue weighted by Crippen LogP contribution is -2.28. The highest BCUT2D eigenvalue weighted by atomic mass is 32.2. The van der Waals surface area contributed by atoms with Crippen molar-refractivity contribution in [2.24, 2.45) is 0 Å². The van der Waals surface area contributed by atoms with Crippen LogP contribution in [0.1, 0.15) is 0 Å². The molecule has 0 saturated carbocycles. The minimum absolute atomic E-state index is 0.0529. The number of benzene rings is 1. The Balaban J connectivity index is 2.56. The predicted octanol–water partition coefficient (Wildman–Crippen LogP) is 3.05. The minimum Gasteiger partial charge on any atom is -0.327 e. The Bertz CT molecular complexity index is 451. The van der Waals surface area contributed by atoms with Crippen molar-refractivity contribution in [2.75, 3.05) is 11.9 Å². The fourth-order valence-electron chi connectivity index (χ4n) is 1.05. The van der Waals surface area contributed by atoms with E-state index in [0.717, 1.165) is 0 Å². The molecular weight excluding hydrogens is 265 g/mol. The van der Waals surface area contributed by atoms with E-state index in [4.69, 9.17) is 6.42 Å². The summed E-state index contributed by atoms with van der Waals surface area (Å²) in [6.07, 6.45) is 4.95. The second kappa shape index (κ2) is 6.21. The van der Waals surface area contributed by atoms with E-state index in [0.29, 0.717) is 5.69 Å². The molecule has 1 rings (SSSR count). The van der Waals surface area contributed by atoms with Crippen molar-refractivity contribution >= 4 is 23.5 Å². The zero-order valence-electron chi connectivity index (χ0n) is 9.04. The number of hydrogen-bond donors (Lipinski definition) is 2. The molecule has 2 amide bonds. The first-order valence-corrected chi connectivity index (χ1v) is 5.56. The third kappa shape index (κ3) is 5.50. The van der Waals surface area contributed by atoms with Crippen LogP contribution in [0.4, 0.5) is 23.7 Å². The lowest BCUT2D eigenvalue weighted by atomic mass is 10.3. The van der Waals surface area contributed by atoms with E-state index >= 15 is 0 Å². The van der Waals surface area contributed by atoms with Crippen molar-refractivity contribution in [3.63, 3.8) is 0 Å². The van der Waals surface area contributed by atoms with Crippen LogP contribution in [-0.4, -0.2) is 18.1 Å². The van der Waals surface area contributed by atoms with Gasteiger partial charge in [0.2, 0.25) is 0 Å². The molecule has 0 atom stereocenters. The summed E-state index contributed by atoms with van der Waals surface area (Å²) >= 11 is -0.213. The number of anilines is 1. The average Bonchev–Trinajstić information content (AvgIpc) is 2.27. The summed E-state index contributed by atoms with van der Waals surface area (Å²) in [6, 6.07) is 4.79. The summed E-state index contributed by atoms with van der Waals surface area (Å²) in [7, 11) is 0. The zero-order valence-corrected chi connectivity index (χ0v) is 9.86. The van der Waals surface area contributed by atoms with Gasteiger partial charge in [0.25, 0.3) is 0 Å². The maximum atomic E-state index is 12.1. The summed E-state index contributed by atoms with van der Waals surface area (Å²) < 4.78 is 36.2. The molecule has 96 valence electrons. The third-order valence-corrected chi connectivity index (χ3v) is 2.44. The van der Waals surface area contributed by atoms with Crippen LogP contribution in [0.2, 0.25) is 0 Å². The number of carbonyl (C=O) groups is 1. The van der Waals surface area contributed by atoms with Gasteiger partial charge in [0.05, 0.1) is 6.54 Å². The number of terminal acetylenes is 1. The van der Waals surface area contributed by atoms with Gasteiger partial charge in [-0.05, 0) is 36.0 Å². The van der Waals surface area contributed by atoms with Crippen molar-refractivity contribution in [1.29, 1.82) is 0 Å². The molecule has 7 heteroatoms. The first kappa shape index (κ1) is 14.3. The van der Waals surface area contributed by atoms with Crippen LogP contribution in [0.5, 0.6) is 0 Å². The molecule has 0 bridgehead atoms. The predicted molar refractivity (Wildman–Crippen MR) is 64.2 cm³/mol. The van der Waals surface area contributed by atoms with Crippen molar-refractivity contribution in [1.82, 2.24) is 5.32 Å². The molecule has 0 aliphatic carbocycles. The molecule has 0 spiro atoms. The Labute approximate surface area is 106 Å². The molecule has 2 N–H and O–H groups in total. The largest absolute Gasteiger partial charge is 0.446 e. The fourth-order valence-corrected chi connectivity index (χ4v) is 1.59. The van der Waals surface area contributed by atoms with Gasteiger partial charge < -0.3 is 10.6 Å². The Morgan fingerprint density at radius 1 is 1.33 bits per heavy atom. The van der Waals surface area contributed by atoms with E-state index in [1.807, 2.05) is 0 Å². The highest BCUT2D eigenvalue weighted by Gasteiger charge is 2.28. The van der Waals surface area contributed by atoms with Gasteiger partial charge in [-0.2, -0.15) is 13.2 Å². The van der Waals surface area contributed by atoms with Gasteiger partial charge in [-0.3, -0.25) is 0 Å². The Morgan fingerprint density at radius 2 is 1.94 bits per heavy atom. The maximum absolute atomic E-state index is 12.1. The van der Waals surface area contributed by atoms with E-state index in [9.17, 15) is 18.0 Å². The number of amides is 2. The SMILES string of the molecule is C#CCNC(=O)Nc1ccc(SC(F)(F)F)cc1. The summed E-state index contributed by atoms with van der Waals surface area (Å²) in [5, 5.41) is 4.79. The first-order chi connectivity index (χ1) is 8.40. The van der Waals surface area contributed by atoms with E-state index < -0.39 is 11.5 Å². The highest BCUT2D eigenvalue weighted by molar-refractivity contribution is 8.00.